The molecule has 1 aliphatic carbocycles. The van der Waals surface area contributed by atoms with Gasteiger partial charge in [-0.15, -0.1) is 0 Å². The number of piperidine rings is 2. The van der Waals surface area contributed by atoms with Crippen LogP contribution in [-0.2, 0) is 14.6 Å². The molecule has 2 aromatic heterocycles. The number of nitrogens with zero attached hydrogens (tertiary/aromatic N) is 6. The third-order valence-electron chi connectivity index (χ3n) is 16.5. The van der Waals surface area contributed by atoms with Gasteiger partial charge in [-0.25, -0.2) is 17.2 Å². The number of alkyl halides is 2. The van der Waals surface area contributed by atoms with Crippen molar-refractivity contribution in [2.24, 2.45) is 11.1 Å². The van der Waals surface area contributed by atoms with Crippen molar-refractivity contribution < 1.29 is 45.9 Å². The molecule has 74 heavy (non-hydrogen) atoms. The number of amides is 1. The van der Waals surface area contributed by atoms with E-state index in [-0.39, 0.29) is 103 Å². The van der Waals surface area contributed by atoms with E-state index in [0.29, 0.717) is 41.5 Å². The average molecular weight is 1040 g/mol. The Morgan fingerprint density at radius 3 is 2.53 bits per heavy atom. The number of hydrogen-bond acceptors (Lipinski definition) is 15. The van der Waals surface area contributed by atoms with E-state index >= 15 is 8.42 Å². The number of nitro groups is 1. The molecule has 1 saturated carbocycles. The van der Waals surface area contributed by atoms with E-state index in [9.17, 15) is 23.7 Å². The van der Waals surface area contributed by atoms with Crippen molar-refractivity contribution in [3.8, 4) is 17.4 Å². The van der Waals surface area contributed by atoms with Gasteiger partial charge in [0.05, 0.1) is 58.2 Å². The topological polar surface area (TPSA) is 211 Å². The first-order valence-electron chi connectivity index (χ1n) is 25.9. The van der Waals surface area contributed by atoms with Gasteiger partial charge in [0.1, 0.15) is 34.7 Å². The first kappa shape index (κ1) is 48.6. The minimum atomic E-state index is -4.85. The number of fused-ring (bicyclic) bond motifs is 4. The maximum Gasteiger partial charge on any atom is 0.297 e. The van der Waals surface area contributed by atoms with Gasteiger partial charge < -0.3 is 49.7 Å². The van der Waals surface area contributed by atoms with E-state index in [4.69, 9.17) is 29.7 Å². The van der Waals surface area contributed by atoms with Crippen molar-refractivity contribution in [2.45, 2.75) is 117 Å². The highest BCUT2D eigenvalue weighted by atomic mass is 32.2. The second kappa shape index (κ2) is 18.5. The molecular formula is C53H61F2N9O9S. The number of carbonyl (C=O) groups is 1. The van der Waals surface area contributed by atoms with E-state index in [1.807, 2.05) is 36.9 Å². The summed E-state index contributed by atoms with van der Waals surface area (Å²) >= 11 is 0. The van der Waals surface area contributed by atoms with E-state index in [1.54, 1.807) is 23.2 Å². The summed E-state index contributed by atoms with van der Waals surface area (Å²) in [6, 6.07) is 17.0. The number of benzene rings is 3. The van der Waals surface area contributed by atoms with Crippen LogP contribution in [0.5, 0.6) is 17.4 Å². The highest BCUT2D eigenvalue weighted by Crippen LogP contribution is 2.56. The molecule has 4 atom stereocenters. The highest BCUT2D eigenvalue weighted by molar-refractivity contribution is 7.91. The minimum Gasteiger partial charge on any atom is -0.491 e. The van der Waals surface area contributed by atoms with Gasteiger partial charge in [-0.2, -0.15) is 4.98 Å². The first-order chi connectivity index (χ1) is 35.5. The van der Waals surface area contributed by atoms with Gasteiger partial charge in [-0.05, 0) is 94.7 Å². The first-order valence-corrected chi connectivity index (χ1v) is 27.3. The van der Waals surface area contributed by atoms with Crippen LogP contribution in [0.4, 0.5) is 37.2 Å². The second-order valence-corrected chi connectivity index (χ2v) is 23.5. The SMILES string of the molecule is CC(C)Oc1ccccc1[C@@H]1CCCN1C1CC2(CCN(c3ccc(C(N)=O)c(N4c5cc6cc[nH]c6nc5O[C@@H]5COC[C@H]54)c3S(=O)(=O)c3cc4c(c([N+](=O)[O-])c3)N[C@H](CN3CCC(F)(F)CC3)CO4)CC2)C1. The summed E-state index contributed by atoms with van der Waals surface area (Å²) < 4.78 is 85.1. The number of anilines is 4. The number of hydrogen-bond donors (Lipinski definition) is 3. The fourth-order valence-corrected chi connectivity index (χ4v) is 14.6. The second-order valence-electron chi connectivity index (χ2n) is 21.6. The third-order valence-corrected chi connectivity index (χ3v) is 18.3. The number of nitro benzene ring substituents is 1. The quantitative estimate of drug-likeness (QED) is 0.0799. The molecule has 5 aromatic rings. The predicted molar refractivity (Wildman–Crippen MR) is 272 cm³/mol. The molecule has 1 spiro atoms. The molecule has 0 unspecified atom stereocenters. The summed E-state index contributed by atoms with van der Waals surface area (Å²) in [5, 5.41) is 16.9. The third kappa shape index (κ3) is 8.62. The number of rotatable bonds is 12. The molecular weight excluding hydrogens is 977 g/mol. The maximum atomic E-state index is 16.1. The zero-order valence-electron chi connectivity index (χ0n) is 41.4. The number of para-hydroxylation sites is 1. The zero-order valence-corrected chi connectivity index (χ0v) is 42.3. The van der Waals surface area contributed by atoms with E-state index in [0.717, 1.165) is 56.9 Å². The van der Waals surface area contributed by atoms with Crippen LogP contribution in [0.15, 0.2) is 76.7 Å². The summed E-state index contributed by atoms with van der Waals surface area (Å²) in [6.45, 7) is 6.99. The number of pyridine rings is 1. The zero-order chi connectivity index (χ0) is 51.3. The Morgan fingerprint density at radius 2 is 1.77 bits per heavy atom. The number of ether oxygens (including phenoxy) is 4. The summed E-state index contributed by atoms with van der Waals surface area (Å²) in [5.41, 5.74) is 8.14. The number of halogens is 2. The monoisotopic (exact) mass is 1040 g/mol. The average Bonchev–Trinajstić information content (AvgIpc) is 4.17. The lowest BCUT2D eigenvalue weighted by atomic mass is 9.60. The van der Waals surface area contributed by atoms with E-state index in [1.165, 1.54) is 11.6 Å². The smallest absolute Gasteiger partial charge is 0.297 e. The Bertz CT molecular complexity index is 3130. The summed E-state index contributed by atoms with van der Waals surface area (Å²) in [7, 11) is -4.85. The van der Waals surface area contributed by atoms with E-state index in [2.05, 4.69) is 38.3 Å². The van der Waals surface area contributed by atoms with Gasteiger partial charge in [-0.3, -0.25) is 19.8 Å². The fraction of sp³-hybridized carbons (Fsp3) is 0.509. The molecule has 4 N–H and O–H groups in total. The fourth-order valence-electron chi connectivity index (χ4n) is 12.9. The summed E-state index contributed by atoms with van der Waals surface area (Å²) in [6.07, 6.45) is 6.37. The minimum absolute atomic E-state index is 0.00287. The lowest BCUT2D eigenvalue weighted by Crippen LogP contribution is -2.55. The van der Waals surface area contributed by atoms with Crippen LogP contribution in [0.25, 0.3) is 11.0 Å². The molecule has 21 heteroatoms. The number of primary amides is 1. The van der Waals surface area contributed by atoms with Crippen LogP contribution in [-0.4, -0.2) is 134 Å². The van der Waals surface area contributed by atoms with Crippen LogP contribution < -0.4 is 35.1 Å². The Labute approximate surface area is 427 Å². The molecule has 392 valence electrons. The molecule has 0 bridgehead atoms. The van der Waals surface area contributed by atoms with Gasteiger partial charge in [0.15, 0.2) is 11.4 Å². The van der Waals surface area contributed by atoms with Crippen molar-refractivity contribution >= 4 is 55.2 Å². The maximum absolute atomic E-state index is 16.1. The van der Waals surface area contributed by atoms with Crippen molar-refractivity contribution in [1.82, 2.24) is 19.8 Å². The number of nitrogens with one attached hydrogen (secondary N) is 2. The Kier molecular flexibility index (Phi) is 12.2. The van der Waals surface area contributed by atoms with Crippen LogP contribution in [0.2, 0.25) is 0 Å². The molecule has 3 aromatic carbocycles. The number of aromatic amines is 1. The van der Waals surface area contributed by atoms with Crippen LogP contribution in [0, 0.1) is 15.5 Å². The lowest BCUT2D eigenvalue weighted by molar-refractivity contribution is -0.384. The summed E-state index contributed by atoms with van der Waals surface area (Å²) in [4.78, 5) is 41.8. The summed E-state index contributed by atoms with van der Waals surface area (Å²) in [5.74, 6) is -2.55. The van der Waals surface area contributed by atoms with Crippen LogP contribution in [0.1, 0.15) is 87.2 Å². The number of likely N-dealkylation sites (tertiary alicyclic amines) is 2. The molecule has 18 nitrogen and oxygen atoms in total. The van der Waals surface area contributed by atoms with Crippen molar-refractivity contribution in [3.63, 3.8) is 0 Å². The molecule has 0 radical (unpaired) electrons. The normalized spacial score (nSPS) is 24.7. The number of aromatic nitrogens is 2. The van der Waals surface area contributed by atoms with Gasteiger partial charge in [0.25, 0.3) is 17.5 Å². The predicted octanol–water partition coefficient (Wildman–Crippen LogP) is 7.98. The largest absolute Gasteiger partial charge is 0.491 e. The van der Waals surface area contributed by atoms with Crippen LogP contribution in [0.3, 0.4) is 0 Å². The lowest BCUT2D eigenvalue weighted by Gasteiger charge is -2.56. The van der Waals surface area contributed by atoms with Crippen molar-refractivity contribution in [1.29, 1.82) is 0 Å². The van der Waals surface area contributed by atoms with Gasteiger partial charge in [0.2, 0.25) is 15.7 Å². The van der Waals surface area contributed by atoms with Crippen molar-refractivity contribution in [2.75, 3.05) is 74.2 Å². The Hall–Kier alpha value is -6.29. The molecule has 5 fully saturated rings. The number of nitrogens with two attached hydrogens (primary N) is 1. The van der Waals surface area contributed by atoms with Crippen LogP contribution >= 0.6 is 0 Å². The number of H-pyrrole nitrogens is 1. The Balaban J connectivity index is 0.915. The molecule has 6 aliphatic heterocycles. The molecule has 4 saturated heterocycles. The molecule has 1 amide bonds. The Morgan fingerprint density at radius 1 is 0.986 bits per heavy atom. The van der Waals surface area contributed by atoms with Gasteiger partial charge in [0, 0.05) is 86.9 Å². The standard InChI is InChI=1S/C53H61F2N9O9S/c1-31(2)72-43-8-4-3-6-36(43)38-7-5-17-62(38)34-25-52(26-34)12-20-61(21-13-52)39-10-9-37(49(56)65)47(63-41-22-32-11-16-57-50(32)59-51(41)73-45-30-70-29-42(45)63)48(39)74(68,69)35-23-40(64(66)67)46-44(24-35)71-28-33(58-46)27-60-18-14-53(54,55)15-19-60/h3-4,6,8-11,16,22-24,31,33-34,38,42,45,58H,5,7,12-15,17-21,25-30H2,1-2H3,(H2,56,65)(H,57,59)/t33-,38+,42-,45-/m1/s1. The van der Waals surface area contributed by atoms with Gasteiger partial charge >= 0.3 is 0 Å². The van der Waals surface area contributed by atoms with E-state index < -0.39 is 55.4 Å². The molecule has 7 aliphatic rings. The highest BCUT2D eigenvalue weighted by Gasteiger charge is 2.52. The van der Waals surface area contributed by atoms with Crippen molar-refractivity contribution in [3.05, 3.63) is 88.1 Å². The molecule has 12 rings (SSSR count). The number of sulfone groups is 1. The number of carbonyl (C=O) groups excluding carboxylic acids is 1. The molecule has 8 heterocycles. The van der Waals surface area contributed by atoms with Gasteiger partial charge in [-0.1, -0.05) is 18.2 Å².